The van der Waals surface area contributed by atoms with Gasteiger partial charge in [-0.05, 0) is 24.7 Å². The zero-order chi connectivity index (χ0) is 14.5. The van der Waals surface area contributed by atoms with Gasteiger partial charge in [-0.1, -0.05) is 6.92 Å². The van der Waals surface area contributed by atoms with Gasteiger partial charge in [-0.25, -0.2) is 4.79 Å². The van der Waals surface area contributed by atoms with Crippen LogP contribution in [0.4, 0.5) is 4.79 Å². The second-order valence-corrected chi connectivity index (χ2v) is 7.03. The van der Waals surface area contributed by atoms with Crippen molar-refractivity contribution in [1.29, 1.82) is 0 Å². The first-order valence-corrected chi connectivity index (χ1v) is 8.57. The van der Waals surface area contributed by atoms with Gasteiger partial charge in [-0.3, -0.25) is 4.79 Å². The molecule has 0 aromatic carbocycles. The average Bonchev–Trinajstić information content (AvgIpc) is 2.47. The van der Waals surface area contributed by atoms with E-state index in [2.05, 4.69) is 0 Å². The highest BCUT2D eigenvalue weighted by Gasteiger charge is 2.30. The number of carbonyl (C=O) groups is 2. The summed E-state index contributed by atoms with van der Waals surface area (Å²) in [7, 11) is 0. The van der Waals surface area contributed by atoms with Crippen molar-refractivity contribution in [2.24, 2.45) is 11.8 Å². The molecule has 2 unspecified atom stereocenters. The molecule has 0 spiro atoms. The first-order valence-electron chi connectivity index (χ1n) is 7.41. The SMILES string of the molecule is CC(CC(=O)O)C1CCCN(C(=O)N2CCSCC2)C1. The normalized spacial score (nSPS) is 25.4. The van der Waals surface area contributed by atoms with Gasteiger partial charge in [0.05, 0.1) is 0 Å². The summed E-state index contributed by atoms with van der Waals surface area (Å²) in [4.78, 5) is 27.2. The average molecular weight is 300 g/mol. The minimum atomic E-state index is -0.742. The summed E-state index contributed by atoms with van der Waals surface area (Å²) in [6.07, 6.45) is 2.23. The Kier molecular flexibility index (Phi) is 5.57. The van der Waals surface area contributed by atoms with Crippen LogP contribution in [0.3, 0.4) is 0 Å². The van der Waals surface area contributed by atoms with E-state index in [0.717, 1.165) is 50.5 Å². The van der Waals surface area contributed by atoms with E-state index < -0.39 is 5.97 Å². The summed E-state index contributed by atoms with van der Waals surface area (Å²) in [6, 6.07) is 0.150. The summed E-state index contributed by atoms with van der Waals surface area (Å²) in [5, 5.41) is 8.90. The molecule has 0 aromatic heterocycles. The van der Waals surface area contributed by atoms with Crippen LogP contribution in [0.15, 0.2) is 0 Å². The lowest BCUT2D eigenvalue weighted by Gasteiger charge is -2.39. The largest absolute Gasteiger partial charge is 0.481 e. The first kappa shape index (κ1) is 15.5. The van der Waals surface area contributed by atoms with Crippen molar-refractivity contribution in [2.75, 3.05) is 37.7 Å². The van der Waals surface area contributed by atoms with Crippen LogP contribution in [0.5, 0.6) is 0 Å². The number of likely N-dealkylation sites (tertiary alicyclic amines) is 1. The van der Waals surface area contributed by atoms with Gasteiger partial charge in [0.15, 0.2) is 0 Å². The number of aliphatic carboxylic acids is 1. The van der Waals surface area contributed by atoms with Crippen molar-refractivity contribution in [3.8, 4) is 0 Å². The molecule has 2 aliphatic heterocycles. The third-order valence-electron chi connectivity index (χ3n) is 4.31. The smallest absolute Gasteiger partial charge is 0.320 e. The van der Waals surface area contributed by atoms with Gasteiger partial charge in [0, 0.05) is 44.1 Å². The van der Waals surface area contributed by atoms with Crippen molar-refractivity contribution >= 4 is 23.8 Å². The maximum absolute atomic E-state index is 12.5. The molecule has 2 atom stereocenters. The van der Waals surface area contributed by atoms with Crippen molar-refractivity contribution < 1.29 is 14.7 Å². The number of thioether (sulfide) groups is 1. The van der Waals surface area contributed by atoms with Crippen LogP contribution < -0.4 is 0 Å². The van der Waals surface area contributed by atoms with Crippen molar-refractivity contribution in [1.82, 2.24) is 9.80 Å². The van der Waals surface area contributed by atoms with Crippen LogP contribution in [0.2, 0.25) is 0 Å². The highest BCUT2D eigenvalue weighted by Crippen LogP contribution is 2.27. The fraction of sp³-hybridized carbons (Fsp3) is 0.857. The topological polar surface area (TPSA) is 60.9 Å². The third-order valence-corrected chi connectivity index (χ3v) is 5.25. The molecule has 6 heteroatoms. The minimum absolute atomic E-state index is 0.139. The number of carbonyl (C=O) groups excluding carboxylic acids is 1. The summed E-state index contributed by atoms with van der Waals surface area (Å²) in [5.41, 5.74) is 0. The number of piperidine rings is 1. The quantitative estimate of drug-likeness (QED) is 0.866. The van der Waals surface area contributed by atoms with Gasteiger partial charge in [-0.2, -0.15) is 11.8 Å². The van der Waals surface area contributed by atoms with E-state index in [0.29, 0.717) is 5.92 Å². The van der Waals surface area contributed by atoms with Gasteiger partial charge < -0.3 is 14.9 Å². The van der Waals surface area contributed by atoms with Crippen molar-refractivity contribution in [2.45, 2.75) is 26.2 Å². The van der Waals surface area contributed by atoms with Crippen LogP contribution in [0, 0.1) is 11.8 Å². The molecule has 2 fully saturated rings. The molecular weight excluding hydrogens is 276 g/mol. The van der Waals surface area contributed by atoms with Gasteiger partial charge in [0.1, 0.15) is 0 Å². The van der Waals surface area contributed by atoms with Gasteiger partial charge in [0.25, 0.3) is 0 Å². The van der Waals surface area contributed by atoms with Crippen molar-refractivity contribution in [3.63, 3.8) is 0 Å². The second kappa shape index (κ2) is 7.20. The van der Waals surface area contributed by atoms with E-state index >= 15 is 0 Å². The molecule has 2 rings (SSSR count). The van der Waals surface area contributed by atoms with Gasteiger partial charge in [-0.15, -0.1) is 0 Å². The Balaban J connectivity index is 1.88. The summed E-state index contributed by atoms with van der Waals surface area (Å²) < 4.78 is 0. The van der Waals surface area contributed by atoms with E-state index in [1.54, 1.807) is 0 Å². The zero-order valence-corrected chi connectivity index (χ0v) is 12.9. The molecule has 2 heterocycles. The lowest BCUT2D eigenvalue weighted by Crippen LogP contribution is -2.50. The number of hydrogen-bond acceptors (Lipinski definition) is 3. The molecule has 2 saturated heterocycles. The molecule has 0 radical (unpaired) electrons. The fourth-order valence-electron chi connectivity index (χ4n) is 3.04. The Morgan fingerprint density at radius 1 is 1.25 bits per heavy atom. The summed E-state index contributed by atoms with van der Waals surface area (Å²) >= 11 is 1.90. The minimum Gasteiger partial charge on any atom is -0.481 e. The molecule has 0 aromatic rings. The van der Waals surface area contributed by atoms with Crippen LogP contribution in [0.25, 0.3) is 0 Å². The number of carboxylic acid groups (broad SMARTS) is 1. The molecule has 114 valence electrons. The molecule has 2 aliphatic rings. The van der Waals surface area contributed by atoms with Crippen LogP contribution in [-0.4, -0.2) is 64.6 Å². The van der Waals surface area contributed by atoms with Crippen LogP contribution in [0.1, 0.15) is 26.2 Å². The monoisotopic (exact) mass is 300 g/mol. The lowest BCUT2D eigenvalue weighted by molar-refractivity contribution is -0.138. The maximum atomic E-state index is 12.5. The predicted octanol–water partition coefficient (Wildman–Crippen LogP) is 1.98. The second-order valence-electron chi connectivity index (χ2n) is 5.81. The Morgan fingerprint density at radius 3 is 2.60 bits per heavy atom. The Morgan fingerprint density at radius 2 is 1.95 bits per heavy atom. The Labute approximate surface area is 124 Å². The van der Waals surface area contributed by atoms with Crippen molar-refractivity contribution in [3.05, 3.63) is 0 Å². The molecule has 0 bridgehead atoms. The molecule has 0 aliphatic carbocycles. The zero-order valence-electron chi connectivity index (χ0n) is 12.1. The molecular formula is C14H24N2O3S. The van der Waals surface area contributed by atoms with E-state index in [1.165, 1.54) is 0 Å². The standard InChI is InChI=1S/C14H24N2O3S/c1-11(9-13(17)18)12-3-2-4-16(10-12)14(19)15-5-7-20-8-6-15/h11-12H,2-10H2,1H3,(H,17,18). The molecule has 20 heavy (non-hydrogen) atoms. The van der Waals surface area contributed by atoms with Gasteiger partial charge >= 0.3 is 12.0 Å². The third kappa shape index (κ3) is 4.04. The number of rotatable bonds is 3. The van der Waals surface area contributed by atoms with Crippen LogP contribution in [-0.2, 0) is 4.79 Å². The maximum Gasteiger partial charge on any atom is 0.320 e. The highest BCUT2D eigenvalue weighted by atomic mass is 32.2. The molecule has 2 amide bonds. The number of urea groups is 1. The summed E-state index contributed by atoms with van der Waals surface area (Å²) in [6.45, 7) is 5.21. The predicted molar refractivity (Wildman–Crippen MR) is 80.0 cm³/mol. The number of nitrogens with zero attached hydrogens (tertiary/aromatic N) is 2. The molecule has 1 N–H and O–H groups in total. The number of carboxylic acids is 1. The van der Waals surface area contributed by atoms with E-state index in [1.807, 2.05) is 28.5 Å². The summed E-state index contributed by atoms with van der Waals surface area (Å²) in [5.74, 6) is 1.77. The number of amides is 2. The Hall–Kier alpha value is -0.910. The van der Waals surface area contributed by atoms with Crippen LogP contribution >= 0.6 is 11.8 Å². The Bertz CT molecular complexity index is 358. The lowest BCUT2D eigenvalue weighted by atomic mass is 9.85. The fourth-order valence-corrected chi connectivity index (χ4v) is 3.95. The van der Waals surface area contributed by atoms with E-state index in [9.17, 15) is 9.59 Å². The highest BCUT2D eigenvalue weighted by molar-refractivity contribution is 7.99. The molecule has 5 nitrogen and oxygen atoms in total. The van der Waals surface area contributed by atoms with E-state index in [4.69, 9.17) is 5.11 Å². The van der Waals surface area contributed by atoms with E-state index in [-0.39, 0.29) is 18.4 Å². The number of hydrogen-bond donors (Lipinski definition) is 1. The molecule has 0 saturated carbocycles. The first-order chi connectivity index (χ1) is 9.58. The van der Waals surface area contributed by atoms with Gasteiger partial charge in [0.2, 0.25) is 0 Å².